The second-order valence-electron chi connectivity index (χ2n) is 2.63. The number of nitrogens with two attached hydrogens (primary N) is 1. The van der Waals surface area contributed by atoms with Crippen molar-refractivity contribution < 1.29 is 0 Å². The Morgan fingerprint density at radius 1 is 2.00 bits per heavy atom. The summed E-state index contributed by atoms with van der Waals surface area (Å²) >= 11 is 0. The van der Waals surface area contributed by atoms with Crippen molar-refractivity contribution >= 4 is 0 Å². The van der Waals surface area contributed by atoms with Crippen LogP contribution in [0.2, 0.25) is 0 Å². The molecule has 0 aliphatic heterocycles. The first kappa shape index (κ1) is 5.83. The Hall–Kier alpha value is -0.300. The van der Waals surface area contributed by atoms with E-state index in [1.807, 2.05) is 6.08 Å². The Balaban J connectivity index is 2.42. The van der Waals surface area contributed by atoms with Crippen LogP contribution in [0.3, 0.4) is 0 Å². The van der Waals surface area contributed by atoms with E-state index >= 15 is 0 Å². The standard InChI is InChI=1S/C7H13N/c1-3-6-5-7(6,8)4-2/h3,6H,1,4-5,8H2,2H3. The minimum atomic E-state index is 0.141. The SMILES string of the molecule is C=CC1CC1(N)CC. The van der Waals surface area contributed by atoms with E-state index in [2.05, 4.69) is 13.5 Å². The molecule has 1 aliphatic rings. The minimum absolute atomic E-state index is 0.141. The van der Waals surface area contributed by atoms with Crippen molar-refractivity contribution in [3.63, 3.8) is 0 Å². The van der Waals surface area contributed by atoms with Crippen molar-refractivity contribution in [3.05, 3.63) is 12.7 Å². The topological polar surface area (TPSA) is 26.0 Å². The van der Waals surface area contributed by atoms with Gasteiger partial charge in [0.25, 0.3) is 0 Å². The van der Waals surface area contributed by atoms with E-state index in [1.54, 1.807) is 0 Å². The molecule has 0 radical (unpaired) electrons. The van der Waals surface area contributed by atoms with Gasteiger partial charge in [-0.25, -0.2) is 0 Å². The van der Waals surface area contributed by atoms with Crippen molar-refractivity contribution in [2.45, 2.75) is 25.3 Å². The molecule has 0 heterocycles. The summed E-state index contributed by atoms with van der Waals surface area (Å²) in [5, 5.41) is 0. The van der Waals surface area contributed by atoms with E-state index in [0.717, 1.165) is 12.8 Å². The smallest absolute Gasteiger partial charge is 0.0222 e. The fourth-order valence-electron chi connectivity index (χ4n) is 1.08. The maximum atomic E-state index is 5.83. The molecule has 1 heteroatoms. The van der Waals surface area contributed by atoms with Crippen LogP contribution in [0.15, 0.2) is 12.7 Å². The monoisotopic (exact) mass is 111 g/mol. The molecule has 1 nitrogen and oxygen atoms in total. The van der Waals surface area contributed by atoms with E-state index in [9.17, 15) is 0 Å². The van der Waals surface area contributed by atoms with Gasteiger partial charge in [0.05, 0.1) is 0 Å². The Kier molecular flexibility index (Phi) is 1.16. The van der Waals surface area contributed by atoms with Gasteiger partial charge < -0.3 is 5.73 Å². The molecule has 1 saturated carbocycles. The summed E-state index contributed by atoms with van der Waals surface area (Å²) in [6.45, 7) is 5.81. The molecule has 0 aromatic rings. The second-order valence-corrected chi connectivity index (χ2v) is 2.63. The van der Waals surface area contributed by atoms with Crippen molar-refractivity contribution in [2.75, 3.05) is 0 Å². The predicted octanol–water partition coefficient (Wildman–Crippen LogP) is 1.30. The molecule has 0 aromatic carbocycles. The average molecular weight is 111 g/mol. The lowest BCUT2D eigenvalue weighted by Gasteiger charge is -2.02. The zero-order valence-electron chi connectivity index (χ0n) is 5.35. The van der Waals surface area contributed by atoms with Crippen molar-refractivity contribution in [2.24, 2.45) is 11.7 Å². The zero-order valence-corrected chi connectivity index (χ0v) is 5.35. The number of rotatable bonds is 2. The molecular formula is C7H13N. The van der Waals surface area contributed by atoms with Crippen LogP contribution in [-0.2, 0) is 0 Å². The van der Waals surface area contributed by atoms with Crippen molar-refractivity contribution in [1.82, 2.24) is 0 Å². The third-order valence-corrected chi connectivity index (χ3v) is 2.12. The summed E-state index contributed by atoms with van der Waals surface area (Å²) in [5.74, 6) is 0.604. The highest BCUT2D eigenvalue weighted by molar-refractivity contribution is 5.13. The third-order valence-electron chi connectivity index (χ3n) is 2.12. The average Bonchev–Trinajstić information content (AvgIpc) is 2.44. The van der Waals surface area contributed by atoms with Crippen LogP contribution in [0.1, 0.15) is 19.8 Å². The molecule has 8 heavy (non-hydrogen) atoms. The Morgan fingerprint density at radius 3 is 2.75 bits per heavy atom. The lowest BCUT2D eigenvalue weighted by molar-refractivity contribution is 0.617. The van der Waals surface area contributed by atoms with Gasteiger partial charge in [-0.2, -0.15) is 0 Å². The first-order valence-electron chi connectivity index (χ1n) is 3.14. The quantitative estimate of drug-likeness (QED) is 0.534. The van der Waals surface area contributed by atoms with Gasteiger partial charge in [-0.05, 0) is 18.8 Å². The fraction of sp³-hybridized carbons (Fsp3) is 0.714. The summed E-state index contributed by atoms with van der Waals surface area (Å²) in [4.78, 5) is 0. The first-order chi connectivity index (χ1) is 3.73. The van der Waals surface area contributed by atoms with Gasteiger partial charge in [-0.3, -0.25) is 0 Å². The van der Waals surface area contributed by atoms with Gasteiger partial charge in [0.2, 0.25) is 0 Å². The summed E-state index contributed by atoms with van der Waals surface area (Å²) in [7, 11) is 0. The van der Waals surface area contributed by atoms with E-state index in [0.29, 0.717) is 5.92 Å². The maximum Gasteiger partial charge on any atom is 0.0222 e. The molecule has 1 rings (SSSR count). The highest BCUT2D eigenvalue weighted by Gasteiger charge is 2.46. The maximum absolute atomic E-state index is 5.83. The van der Waals surface area contributed by atoms with Gasteiger partial charge >= 0.3 is 0 Å². The fourth-order valence-corrected chi connectivity index (χ4v) is 1.08. The minimum Gasteiger partial charge on any atom is -0.325 e. The summed E-state index contributed by atoms with van der Waals surface area (Å²) in [6, 6.07) is 0. The molecule has 1 aliphatic carbocycles. The second kappa shape index (κ2) is 1.59. The molecule has 46 valence electrons. The van der Waals surface area contributed by atoms with Crippen LogP contribution >= 0.6 is 0 Å². The van der Waals surface area contributed by atoms with Gasteiger partial charge in [-0.1, -0.05) is 13.0 Å². The first-order valence-corrected chi connectivity index (χ1v) is 3.14. The predicted molar refractivity (Wildman–Crippen MR) is 35.5 cm³/mol. The highest BCUT2D eigenvalue weighted by Crippen LogP contribution is 2.43. The van der Waals surface area contributed by atoms with Crippen LogP contribution in [0.4, 0.5) is 0 Å². The molecular weight excluding hydrogens is 98.1 g/mol. The number of hydrogen-bond donors (Lipinski definition) is 1. The van der Waals surface area contributed by atoms with E-state index in [4.69, 9.17) is 5.73 Å². The molecule has 0 aromatic heterocycles. The van der Waals surface area contributed by atoms with Gasteiger partial charge in [0.15, 0.2) is 0 Å². The van der Waals surface area contributed by atoms with Gasteiger partial charge in [0.1, 0.15) is 0 Å². The molecule has 0 saturated heterocycles. The van der Waals surface area contributed by atoms with E-state index in [-0.39, 0.29) is 5.54 Å². The van der Waals surface area contributed by atoms with Gasteiger partial charge in [-0.15, -0.1) is 6.58 Å². The van der Waals surface area contributed by atoms with Crippen LogP contribution < -0.4 is 5.73 Å². The van der Waals surface area contributed by atoms with Gasteiger partial charge in [0, 0.05) is 5.54 Å². The molecule has 2 atom stereocenters. The molecule has 2 unspecified atom stereocenters. The van der Waals surface area contributed by atoms with Crippen molar-refractivity contribution in [1.29, 1.82) is 0 Å². The Bertz CT molecular complexity index is 109. The highest BCUT2D eigenvalue weighted by atomic mass is 14.8. The third kappa shape index (κ3) is 0.671. The van der Waals surface area contributed by atoms with Crippen LogP contribution in [0.5, 0.6) is 0 Å². The van der Waals surface area contributed by atoms with Crippen LogP contribution in [-0.4, -0.2) is 5.54 Å². The van der Waals surface area contributed by atoms with E-state index < -0.39 is 0 Å². The summed E-state index contributed by atoms with van der Waals surface area (Å²) in [6.07, 6.45) is 4.19. The van der Waals surface area contributed by atoms with E-state index in [1.165, 1.54) is 0 Å². The lowest BCUT2D eigenvalue weighted by atomic mass is 10.2. The Morgan fingerprint density at radius 2 is 2.62 bits per heavy atom. The van der Waals surface area contributed by atoms with Crippen LogP contribution in [0.25, 0.3) is 0 Å². The number of hydrogen-bond acceptors (Lipinski definition) is 1. The molecule has 0 spiro atoms. The normalized spacial score (nSPS) is 44.0. The molecule has 0 bridgehead atoms. The van der Waals surface area contributed by atoms with Crippen molar-refractivity contribution in [3.8, 4) is 0 Å². The lowest BCUT2D eigenvalue weighted by Crippen LogP contribution is -2.22. The summed E-state index contributed by atoms with van der Waals surface area (Å²) < 4.78 is 0. The largest absolute Gasteiger partial charge is 0.325 e. The van der Waals surface area contributed by atoms with Crippen LogP contribution in [0, 0.1) is 5.92 Å². The molecule has 0 amide bonds. The molecule has 1 fully saturated rings. The zero-order chi connectivity index (χ0) is 6.20. The Labute approximate surface area is 50.6 Å². The molecule has 2 N–H and O–H groups in total. The summed E-state index contributed by atoms with van der Waals surface area (Å²) in [5.41, 5.74) is 5.97.